The van der Waals surface area contributed by atoms with Gasteiger partial charge in [-0.05, 0) is 32.6 Å². The third kappa shape index (κ3) is 3.25. The van der Waals surface area contributed by atoms with Crippen molar-refractivity contribution in [1.82, 2.24) is 10.2 Å². The van der Waals surface area contributed by atoms with E-state index in [1.807, 2.05) is 0 Å². The fourth-order valence-corrected chi connectivity index (χ4v) is 2.34. The monoisotopic (exact) mass is 269 g/mol. The van der Waals surface area contributed by atoms with Gasteiger partial charge in [-0.3, -0.25) is 9.59 Å². The van der Waals surface area contributed by atoms with E-state index in [4.69, 9.17) is 10.5 Å². The van der Waals surface area contributed by atoms with E-state index >= 15 is 0 Å². The van der Waals surface area contributed by atoms with Crippen molar-refractivity contribution >= 4 is 11.8 Å². The van der Waals surface area contributed by atoms with Gasteiger partial charge in [-0.25, -0.2) is 0 Å². The third-order valence-corrected chi connectivity index (χ3v) is 3.96. The Morgan fingerprint density at radius 3 is 2.47 bits per heavy atom. The lowest BCUT2D eigenvalue weighted by Gasteiger charge is -2.31. The second-order valence-electron chi connectivity index (χ2n) is 5.69. The Bertz CT molecular complexity index is 360. The van der Waals surface area contributed by atoms with E-state index in [-0.39, 0.29) is 17.7 Å². The standard InChI is InChI=1S/C13H23N3O3/c1-9(11(17)16-5-7-19-8-6-16)15-12(18)13(2,14)10-3-4-10/h9-10H,3-8,14H2,1-2H3,(H,15,18). The molecule has 2 fully saturated rings. The number of hydrogen-bond donors (Lipinski definition) is 2. The van der Waals surface area contributed by atoms with Crippen LogP contribution >= 0.6 is 0 Å². The first-order valence-electron chi connectivity index (χ1n) is 6.89. The number of hydrogen-bond acceptors (Lipinski definition) is 4. The summed E-state index contributed by atoms with van der Waals surface area (Å²) >= 11 is 0. The van der Waals surface area contributed by atoms with Gasteiger partial charge in [0.15, 0.2) is 0 Å². The maximum absolute atomic E-state index is 12.2. The van der Waals surface area contributed by atoms with Crippen molar-refractivity contribution in [1.29, 1.82) is 0 Å². The number of nitrogens with two attached hydrogens (primary N) is 1. The molecule has 0 aromatic carbocycles. The Balaban J connectivity index is 1.87. The first kappa shape index (κ1) is 14.3. The van der Waals surface area contributed by atoms with Gasteiger partial charge in [0, 0.05) is 13.1 Å². The van der Waals surface area contributed by atoms with Crippen LogP contribution in [0.1, 0.15) is 26.7 Å². The summed E-state index contributed by atoms with van der Waals surface area (Å²) in [5.41, 5.74) is 5.17. The van der Waals surface area contributed by atoms with Gasteiger partial charge in [-0.1, -0.05) is 0 Å². The number of amides is 2. The molecule has 0 radical (unpaired) electrons. The second kappa shape index (κ2) is 5.46. The Morgan fingerprint density at radius 2 is 1.95 bits per heavy atom. The lowest BCUT2D eigenvalue weighted by atomic mass is 9.96. The van der Waals surface area contributed by atoms with Crippen LogP contribution in [0.2, 0.25) is 0 Å². The minimum Gasteiger partial charge on any atom is -0.378 e. The highest BCUT2D eigenvalue weighted by Crippen LogP contribution is 2.38. The van der Waals surface area contributed by atoms with Gasteiger partial charge in [-0.2, -0.15) is 0 Å². The molecule has 0 aromatic heterocycles. The highest BCUT2D eigenvalue weighted by atomic mass is 16.5. The van der Waals surface area contributed by atoms with E-state index in [2.05, 4.69) is 5.32 Å². The zero-order chi connectivity index (χ0) is 14.0. The summed E-state index contributed by atoms with van der Waals surface area (Å²) in [6.07, 6.45) is 1.98. The molecular formula is C13H23N3O3. The maximum atomic E-state index is 12.2. The predicted octanol–water partition coefficient (Wildman–Crippen LogP) is -0.523. The molecule has 6 heteroatoms. The zero-order valence-electron chi connectivity index (χ0n) is 11.6. The number of rotatable bonds is 4. The van der Waals surface area contributed by atoms with Gasteiger partial charge in [0.2, 0.25) is 11.8 Å². The number of nitrogens with zero attached hydrogens (tertiary/aromatic N) is 1. The first-order valence-corrected chi connectivity index (χ1v) is 6.89. The van der Waals surface area contributed by atoms with Crippen LogP contribution in [0.5, 0.6) is 0 Å². The maximum Gasteiger partial charge on any atom is 0.245 e. The number of nitrogens with one attached hydrogen (secondary N) is 1. The average Bonchev–Trinajstić information content (AvgIpc) is 3.23. The van der Waals surface area contributed by atoms with Gasteiger partial charge in [0.25, 0.3) is 0 Å². The molecule has 0 bridgehead atoms. The molecule has 1 aliphatic carbocycles. The largest absolute Gasteiger partial charge is 0.378 e. The molecule has 3 N–H and O–H groups in total. The van der Waals surface area contributed by atoms with Gasteiger partial charge in [-0.15, -0.1) is 0 Å². The molecule has 6 nitrogen and oxygen atoms in total. The van der Waals surface area contributed by atoms with Crippen LogP contribution in [0.3, 0.4) is 0 Å². The molecule has 0 aromatic rings. The topological polar surface area (TPSA) is 84.7 Å². The molecule has 2 atom stereocenters. The van der Waals surface area contributed by atoms with Gasteiger partial charge in [0.1, 0.15) is 6.04 Å². The van der Waals surface area contributed by atoms with Crippen LogP contribution in [-0.4, -0.2) is 54.6 Å². The molecule has 1 aliphatic heterocycles. The summed E-state index contributed by atoms with van der Waals surface area (Å²) in [7, 11) is 0. The van der Waals surface area contributed by atoms with E-state index < -0.39 is 11.6 Å². The second-order valence-corrected chi connectivity index (χ2v) is 5.69. The van der Waals surface area contributed by atoms with E-state index in [0.717, 1.165) is 12.8 Å². The predicted molar refractivity (Wildman–Crippen MR) is 70.3 cm³/mol. The lowest BCUT2D eigenvalue weighted by Crippen LogP contribution is -2.58. The summed E-state index contributed by atoms with van der Waals surface area (Å²) in [5, 5.41) is 2.74. The normalized spacial score (nSPS) is 24.5. The van der Waals surface area contributed by atoms with E-state index in [9.17, 15) is 9.59 Å². The average molecular weight is 269 g/mol. The summed E-state index contributed by atoms with van der Waals surface area (Å²) in [6.45, 7) is 5.74. The summed E-state index contributed by atoms with van der Waals surface area (Å²) in [4.78, 5) is 26.0. The van der Waals surface area contributed by atoms with Crippen molar-refractivity contribution < 1.29 is 14.3 Å². The van der Waals surface area contributed by atoms with Crippen molar-refractivity contribution in [3.63, 3.8) is 0 Å². The van der Waals surface area contributed by atoms with E-state index in [1.165, 1.54) is 0 Å². The molecule has 2 unspecified atom stereocenters. The fraction of sp³-hybridized carbons (Fsp3) is 0.846. The van der Waals surface area contributed by atoms with Crippen molar-refractivity contribution in [2.45, 2.75) is 38.3 Å². The molecule has 2 aliphatic rings. The molecule has 1 saturated heterocycles. The minimum atomic E-state index is -0.862. The lowest BCUT2D eigenvalue weighted by molar-refractivity contribution is -0.140. The van der Waals surface area contributed by atoms with Crippen LogP contribution in [0.25, 0.3) is 0 Å². The van der Waals surface area contributed by atoms with Crippen LogP contribution < -0.4 is 11.1 Å². The van der Waals surface area contributed by atoms with E-state index in [0.29, 0.717) is 26.3 Å². The summed E-state index contributed by atoms with van der Waals surface area (Å²) < 4.78 is 5.20. The summed E-state index contributed by atoms with van der Waals surface area (Å²) in [6, 6.07) is -0.535. The van der Waals surface area contributed by atoms with Crippen molar-refractivity contribution in [3.05, 3.63) is 0 Å². The summed E-state index contributed by atoms with van der Waals surface area (Å²) in [5.74, 6) is -0.0504. The molecule has 2 rings (SSSR count). The smallest absolute Gasteiger partial charge is 0.245 e. The Morgan fingerprint density at radius 1 is 1.37 bits per heavy atom. The molecule has 19 heavy (non-hydrogen) atoms. The zero-order valence-corrected chi connectivity index (χ0v) is 11.6. The van der Waals surface area contributed by atoms with Gasteiger partial charge in [0.05, 0.1) is 18.8 Å². The number of carbonyl (C=O) groups excluding carboxylic acids is 2. The SMILES string of the molecule is CC(NC(=O)C(C)(N)C1CC1)C(=O)N1CCOCC1. The first-order chi connectivity index (χ1) is 8.93. The molecule has 108 valence electrons. The van der Waals surface area contributed by atoms with E-state index in [1.54, 1.807) is 18.7 Å². The van der Waals surface area contributed by atoms with Crippen LogP contribution in [0.15, 0.2) is 0 Å². The van der Waals surface area contributed by atoms with Crippen LogP contribution in [-0.2, 0) is 14.3 Å². The van der Waals surface area contributed by atoms with Gasteiger partial charge >= 0.3 is 0 Å². The third-order valence-electron chi connectivity index (χ3n) is 3.96. The minimum absolute atomic E-state index is 0.0664. The quantitative estimate of drug-likeness (QED) is 0.719. The Kier molecular flexibility index (Phi) is 4.10. The van der Waals surface area contributed by atoms with Crippen molar-refractivity contribution in [3.8, 4) is 0 Å². The Labute approximate surface area is 113 Å². The highest BCUT2D eigenvalue weighted by molar-refractivity contribution is 5.92. The number of carbonyl (C=O) groups is 2. The Hall–Kier alpha value is -1.14. The molecule has 1 heterocycles. The molecule has 2 amide bonds. The van der Waals surface area contributed by atoms with Gasteiger partial charge < -0.3 is 20.7 Å². The molecule has 1 saturated carbocycles. The van der Waals surface area contributed by atoms with Crippen LogP contribution in [0.4, 0.5) is 0 Å². The van der Waals surface area contributed by atoms with Crippen molar-refractivity contribution in [2.75, 3.05) is 26.3 Å². The van der Waals surface area contributed by atoms with Crippen LogP contribution in [0, 0.1) is 5.92 Å². The number of morpholine rings is 1. The fourth-order valence-electron chi connectivity index (χ4n) is 2.34. The highest BCUT2D eigenvalue weighted by Gasteiger charge is 2.44. The number of ether oxygens (including phenoxy) is 1. The molecule has 0 spiro atoms. The molecular weight excluding hydrogens is 246 g/mol. The van der Waals surface area contributed by atoms with Crippen molar-refractivity contribution in [2.24, 2.45) is 11.7 Å².